The Morgan fingerprint density at radius 1 is 1.06 bits per heavy atom. The van der Waals surface area contributed by atoms with Crippen molar-refractivity contribution in [3.63, 3.8) is 0 Å². The molecule has 1 fully saturated rings. The number of aromatic carboxylic acids is 1. The van der Waals surface area contributed by atoms with Gasteiger partial charge < -0.3 is 9.67 Å². The minimum absolute atomic E-state index is 0.105. The summed E-state index contributed by atoms with van der Waals surface area (Å²) < 4.78 is 2.14. The van der Waals surface area contributed by atoms with E-state index in [1.807, 2.05) is 61.7 Å². The molecule has 4 aromatic rings. The van der Waals surface area contributed by atoms with E-state index >= 15 is 0 Å². The summed E-state index contributed by atoms with van der Waals surface area (Å²) in [6.45, 7) is 2.99. The molecule has 0 unspecified atom stereocenters. The molecule has 1 aliphatic heterocycles. The minimum Gasteiger partial charge on any atom is -0.478 e. The SMILES string of the molecule is CCN1C(=O)/C(=C\c2cn(Cc3ccccc3Cl)c3ccccc23)SC1=Nc1ccc(C(=O)O)cc1. The second-order valence-corrected chi connectivity index (χ2v) is 9.64. The average molecular weight is 516 g/mol. The molecular weight excluding hydrogens is 494 g/mol. The van der Waals surface area contributed by atoms with Gasteiger partial charge in [0.15, 0.2) is 5.17 Å². The van der Waals surface area contributed by atoms with E-state index in [1.54, 1.807) is 17.0 Å². The molecule has 0 aliphatic carbocycles. The lowest BCUT2D eigenvalue weighted by atomic mass is 10.1. The topological polar surface area (TPSA) is 74.9 Å². The number of thioether (sulfide) groups is 1. The van der Waals surface area contributed by atoms with Crippen molar-refractivity contribution in [3.8, 4) is 0 Å². The second-order valence-electron chi connectivity index (χ2n) is 8.23. The van der Waals surface area contributed by atoms with Gasteiger partial charge in [-0.3, -0.25) is 9.69 Å². The zero-order valence-corrected chi connectivity index (χ0v) is 21.0. The molecule has 180 valence electrons. The lowest BCUT2D eigenvalue weighted by Gasteiger charge is -2.12. The van der Waals surface area contributed by atoms with Gasteiger partial charge in [-0.05, 0) is 66.7 Å². The molecule has 1 N–H and O–H groups in total. The smallest absolute Gasteiger partial charge is 0.335 e. The van der Waals surface area contributed by atoms with Gasteiger partial charge in [0.1, 0.15) is 0 Å². The van der Waals surface area contributed by atoms with Crippen molar-refractivity contribution in [3.05, 3.63) is 106 Å². The van der Waals surface area contributed by atoms with Gasteiger partial charge in [0.25, 0.3) is 5.91 Å². The first-order chi connectivity index (χ1) is 17.4. The van der Waals surface area contributed by atoms with Crippen LogP contribution < -0.4 is 0 Å². The molecule has 1 aliphatic rings. The fourth-order valence-electron chi connectivity index (χ4n) is 4.13. The molecule has 1 amide bonds. The summed E-state index contributed by atoms with van der Waals surface area (Å²) in [5.41, 5.74) is 3.79. The van der Waals surface area contributed by atoms with Crippen molar-refractivity contribution in [2.45, 2.75) is 13.5 Å². The number of aliphatic imine (C=N–C) groups is 1. The summed E-state index contributed by atoms with van der Waals surface area (Å²) in [6, 6.07) is 22.2. The van der Waals surface area contributed by atoms with Crippen LogP contribution in [0.5, 0.6) is 0 Å². The van der Waals surface area contributed by atoms with Gasteiger partial charge in [-0.25, -0.2) is 9.79 Å². The van der Waals surface area contributed by atoms with Crippen LogP contribution in [0, 0.1) is 0 Å². The summed E-state index contributed by atoms with van der Waals surface area (Å²) in [6.07, 6.45) is 3.96. The lowest BCUT2D eigenvalue weighted by molar-refractivity contribution is -0.122. The summed E-state index contributed by atoms with van der Waals surface area (Å²) >= 11 is 7.72. The first kappa shape index (κ1) is 23.9. The Balaban J connectivity index is 1.50. The molecule has 1 saturated heterocycles. The van der Waals surface area contributed by atoms with Crippen LogP contribution in [0.25, 0.3) is 17.0 Å². The van der Waals surface area contributed by atoms with E-state index in [4.69, 9.17) is 16.7 Å². The highest BCUT2D eigenvalue weighted by Gasteiger charge is 2.32. The molecule has 8 heteroatoms. The molecule has 0 saturated carbocycles. The van der Waals surface area contributed by atoms with Crippen molar-refractivity contribution >= 4 is 63.1 Å². The minimum atomic E-state index is -0.992. The summed E-state index contributed by atoms with van der Waals surface area (Å²) in [5, 5.41) is 11.4. The Labute approximate surface area is 217 Å². The third-order valence-corrected chi connectivity index (χ3v) is 7.32. The Hall–Kier alpha value is -3.81. The third kappa shape index (κ3) is 4.67. The summed E-state index contributed by atoms with van der Waals surface area (Å²) in [5.74, 6) is -1.10. The van der Waals surface area contributed by atoms with E-state index in [2.05, 4.69) is 15.6 Å². The number of carboxylic acids is 1. The molecule has 0 radical (unpaired) electrons. The highest BCUT2D eigenvalue weighted by molar-refractivity contribution is 8.18. The number of benzene rings is 3. The summed E-state index contributed by atoms with van der Waals surface area (Å²) in [7, 11) is 0. The van der Waals surface area contributed by atoms with Crippen molar-refractivity contribution in [2.24, 2.45) is 4.99 Å². The highest BCUT2D eigenvalue weighted by atomic mass is 35.5. The maximum absolute atomic E-state index is 13.2. The second kappa shape index (κ2) is 10.0. The van der Waals surface area contributed by atoms with E-state index in [9.17, 15) is 9.59 Å². The Morgan fingerprint density at radius 3 is 2.50 bits per heavy atom. The van der Waals surface area contributed by atoms with E-state index in [0.717, 1.165) is 22.0 Å². The molecule has 0 spiro atoms. The maximum atomic E-state index is 13.2. The average Bonchev–Trinajstić information content (AvgIpc) is 3.37. The first-order valence-corrected chi connectivity index (χ1v) is 12.6. The number of para-hydroxylation sites is 1. The van der Waals surface area contributed by atoms with Crippen LogP contribution in [-0.4, -0.2) is 38.2 Å². The van der Waals surface area contributed by atoms with Gasteiger partial charge >= 0.3 is 5.97 Å². The fourth-order valence-corrected chi connectivity index (χ4v) is 5.38. The molecule has 36 heavy (non-hydrogen) atoms. The van der Waals surface area contributed by atoms with Crippen LogP contribution >= 0.6 is 23.4 Å². The van der Waals surface area contributed by atoms with Gasteiger partial charge in [-0.2, -0.15) is 0 Å². The van der Waals surface area contributed by atoms with E-state index in [-0.39, 0.29) is 11.5 Å². The number of carbonyl (C=O) groups excluding carboxylic acids is 1. The molecule has 5 rings (SSSR count). The number of carbonyl (C=O) groups is 2. The Morgan fingerprint density at radius 2 is 1.78 bits per heavy atom. The van der Waals surface area contributed by atoms with Crippen molar-refractivity contribution in [2.75, 3.05) is 6.54 Å². The monoisotopic (exact) mass is 515 g/mol. The van der Waals surface area contributed by atoms with E-state index < -0.39 is 5.97 Å². The molecule has 6 nitrogen and oxygen atoms in total. The Kier molecular flexibility index (Phi) is 6.67. The van der Waals surface area contributed by atoms with Gasteiger partial charge in [0, 0.05) is 40.8 Å². The number of hydrogen-bond donors (Lipinski definition) is 1. The Bertz CT molecular complexity index is 1540. The van der Waals surface area contributed by atoms with Crippen LogP contribution in [0.2, 0.25) is 5.02 Å². The zero-order chi connectivity index (χ0) is 25.2. The number of fused-ring (bicyclic) bond motifs is 1. The van der Waals surface area contributed by atoms with Crippen LogP contribution in [-0.2, 0) is 11.3 Å². The number of amides is 1. The maximum Gasteiger partial charge on any atom is 0.335 e. The van der Waals surface area contributed by atoms with Crippen molar-refractivity contribution < 1.29 is 14.7 Å². The number of halogens is 1. The number of hydrogen-bond acceptors (Lipinski definition) is 4. The molecule has 0 bridgehead atoms. The standard InChI is InChI=1S/C28H22ClN3O3S/c1-2-32-26(33)25(36-28(32)30-21-13-11-18(12-14-21)27(34)35)15-20-17-31(24-10-6-4-8-22(20)24)16-19-7-3-5-9-23(19)29/h3-15,17H,2,16H2,1H3,(H,34,35)/b25-15+,30-28?. The molecule has 1 aromatic heterocycles. The van der Waals surface area contributed by atoms with Crippen molar-refractivity contribution in [1.29, 1.82) is 0 Å². The first-order valence-electron chi connectivity index (χ1n) is 11.4. The number of likely N-dealkylation sites (N-methyl/N-ethyl adjacent to an activating group) is 1. The number of aromatic nitrogens is 1. The molecule has 2 heterocycles. The fraction of sp³-hybridized carbons (Fsp3) is 0.107. The molecule has 3 aromatic carbocycles. The van der Waals surface area contributed by atoms with Gasteiger partial charge in [-0.1, -0.05) is 48.0 Å². The molecule has 0 atom stereocenters. The van der Waals surface area contributed by atoms with Crippen molar-refractivity contribution in [1.82, 2.24) is 9.47 Å². The number of nitrogens with zero attached hydrogens (tertiary/aromatic N) is 3. The molecular formula is C28H22ClN3O3S. The lowest BCUT2D eigenvalue weighted by Crippen LogP contribution is -2.28. The van der Waals surface area contributed by atoms with Gasteiger partial charge in [0.05, 0.1) is 16.2 Å². The predicted octanol–water partition coefficient (Wildman–Crippen LogP) is 6.67. The largest absolute Gasteiger partial charge is 0.478 e. The van der Waals surface area contributed by atoms with Crippen LogP contribution in [0.1, 0.15) is 28.4 Å². The third-order valence-electron chi connectivity index (χ3n) is 5.95. The predicted molar refractivity (Wildman–Crippen MR) is 146 cm³/mol. The normalized spacial score (nSPS) is 15.9. The van der Waals surface area contributed by atoms with E-state index in [0.29, 0.717) is 33.9 Å². The van der Waals surface area contributed by atoms with Gasteiger partial charge in [-0.15, -0.1) is 0 Å². The highest BCUT2D eigenvalue weighted by Crippen LogP contribution is 2.36. The zero-order valence-electron chi connectivity index (χ0n) is 19.4. The summed E-state index contributed by atoms with van der Waals surface area (Å²) in [4.78, 5) is 31.2. The number of amidine groups is 1. The number of rotatable bonds is 6. The van der Waals surface area contributed by atoms with Crippen LogP contribution in [0.4, 0.5) is 5.69 Å². The quantitative estimate of drug-likeness (QED) is 0.291. The van der Waals surface area contributed by atoms with Gasteiger partial charge in [0.2, 0.25) is 0 Å². The van der Waals surface area contributed by atoms with E-state index in [1.165, 1.54) is 23.9 Å². The van der Waals surface area contributed by atoms with Crippen LogP contribution in [0.3, 0.4) is 0 Å². The number of carboxylic acid groups (broad SMARTS) is 1. The van der Waals surface area contributed by atoms with Crippen LogP contribution in [0.15, 0.2) is 88.9 Å².